The van der Waals surface area contributed by atoms with Gasteiger partial charge in [0.1, 0.15) is 22.6 Å². The maximum Gasteiger partial charge on any atom is 0.332 e. The molecule has 2 aromatic carbocycles. The van der Waals surface area contributed by atoms with Gasteiger partial charge in [-0.1, -0.05) is 60.7 Å². The van der Waals surface area contributed by atoms with Crippen molar-refractivity contribution in [3.05, 3.63) is 71.8 Å². The minimum atomic E-state index is -1.73. The molecular formula is C20H16Cl2O7. The van der Waals surface area contributed by atoms with Crippen molar-refractivity contribution in [2.75, 3.05) is 0 Å². The first kappa shape index (κ1) is 22.4. The Morgan fingerprint density at radius 2 is 0.966 bits per heavy atom. The number of hydrogen-bond donors (Lipinski definition) is 2. The standard InChI is InChI=1S/C20H16Cl2O7/c21-15(13(17(23)24)11-7-3-1-4-8-11)19(27)29-20(28)16(22)14(18(25)26)12-9-5-2-6-10-12/h1-10,13-16H,(H,23,24)(H,25,26). The molecular weight excluding hydrogens is 423 g/mol. The number of rotatable bonds is 8. The second-order valence-corrected chi connectivity index (χ2v) is 6.94. The highest BCUT2D eigenvalue weighted by atomic mass is 35.5. The highest BCUT2D eigenvalue weighted by Crippen LogP contribution is 2.28. The normalized spacial score (nSPS) is 14.8. The number of aliphatic carboxylic acids is 2. The highest BCUT2D eigenvalue weighted by molar-refractivity contribution is 6.35. The average Bonchev–Trinajstić information content (AvgIpc) is 2.69. The summed E-state index contributed by atoms with van der Waals surface area (Å²) in [6, 6.07) is 15.4. The second-order valence-electron chi connectivity index (χ2n) is 6.00. The Bertz CT molecular complexity index is 813. The van der Waals surface area contributed by atoms with Crippen molar-refractivity contribution >= 4 is 47.1 Å². The maximum atomic E-state index is 12.3. The molecule has 0 aliphatic carbocycles. The molecule has 9 heteroatoms. The first-order valence-electron chi connectivity index (χ1n) is 8.33. The lowest BCUT2D eigenvalue weighted by atomic mass is 9.95. The van der Waals surface area contributed by atoms with Crippen molar-refractivity contribution in [1.82, 2.24) is 0 Å². The molecule has 4 atom stereocenters. The van der Waals surface area contributed by atoms with E-state index in [0.29, 0.717) is 0 Å². The Morgan fingerprint density at radius 1 is 0.655 bits per heavy atom. The molecule has 152 valence electrons. The van der Waals surface area contributed by atoms with Gasteiger partial charge in [-0.2, -0.15) is 0 Å². The molecule has 2 rings (SSSR count). The summed E-state index contributed by atoms with van der Waals surface area (Å²) in [7, 11) is 0. The number of halogens is 2. The third kappa shape index (κ3) is 5.56. The first-order valence-corrected chi connectivity index (χ1v) is 9.20. The van der Waals surface area contributed by atoms with Gasteiger partial charge in [0.25, 0.3) is 0 Å². The van der Waals surface area contributed by atoms with E-state index < -0.39 is 46.5 Å². The van der Waals surface area contributed by atoms with Crippen LogP contribution in [-0.4, -0.2) is 44.8 Å². The summed E-state index contributed by atoms with van der Waals surface area (Å²) in [5, 5.41) is 15.4. The summed E-state index contributed by atoms with van der Waals surface area (Å²) in [6.07, 6.45) is 0. The maximum absolute atomic E-state index is 12.3. The van der Waals surface area contributed by atoms with Crippen molar-refractivity contribution in [1.29, 1.82) is 0 Å². The fourth-order valence-electron chi connectivity index (χ4n) is 2.68. The molecule has 4 unspecified atom stereocenters. The van der Waals surface area contributed by atoms with E-state index in [1.807, 2.05) is 0 Å². The first-order chi connectivity index (χ1) is 13.7. The molecule has 29 heavy (non-hydrogen) atoms. The molecule has 7 nitrogen and oxygen atoms in total. The number of carboxylic acids is 2. The van der Waals surface area contributed by atoms with Crippen LogP contribution >= 0.6 is 23.2 Å². The summed E-state index contributed by atoms with van der Waals surface area (Å²) < 4.78 is 4.61. The number of carbonyl (C=O) groups is 4. The van der Waals surface area contributed by atoms with Gasteiger partial charge in [-0.05, 0) is 11.1 Å². The van der Waals surface area contributed by atoms with E-state index in [0.717, 1.165) is 0 Å². The number of esters is 2. The van der Waals surface area contributed by atoms with E-state index in [9.17, 15) is 29.4 Å². The fraction of sp³-hybridized carbons (Fsp3) is 0.200. The minimum Gasteiger partial charge on any atom is -0.481 e. The van der Waals surface area contributed by atoms with Gasteiger partial charge in [0, 0.05) is 0 Å². The summed E-state index contributed by atoms with van der Waals surface area (Å²) in [5.74, 6) is -8.41. The molecule has 0 spiro atoms. The topological polar surface area (TPSA) is 118 Å². The predicted octanol–water partition coefficient (Wildman–Crippen LogP) is 3.01. The van der Waals surface area contributed by atoms with Crippen LogP contribution in [0.5, 0.6) is 0 Å². The number of carboxylic acid groups (broad SMARTS) is 2. The van der Waals surface area contributed by atoms with E-state index in [2.05, 4.69) is 4.74 Å². The number of hydrogen-bond acceptors (Lipinski definition) is 5. The van der Waals surface area contributed by atoms with Crippen molar-refractivity contribution < 1.29 is 34.1 Å². The van der Waals surface area contributed by atoms with Crippen LogP contribution in [0.3, 0.4) is 0 Å². The van der Waals surface area contributed by atoms with E-state index >= 15 is 0 Å². The Kier molecular flexibility index (Phi) is 7.75. The lowest BCUT2D eigenvalue weighted by Gasteiger charge is -2.20. The zero-order chi connectivity index (χ0) is 21.6. The zero-order valence-electron chi connectivity index (χ0n) is 14.8. The Hall–Kier alpha value is -2.90. The quantitative estimate of drug-likeness (QED) is 0.369. The average molecular weight is 439 g/mol. The predicted molar refractivity (Wildman–Crippen MR) is 104 cm³/mol. The summed E-state index contributed by atoms with van der Waals surface area (Å²) in [5.41, 5.74) is 0.471. The van der Waals surface area contributed by atoms with Crippen LogP contribution in [0, 0.1) is 0 Å². The van der Waals surface area contributed by atoms with E-state index in [1.165, 1.54) is 24.3 Å². The molecule has 2 N–H and O–H groups in total. The largest absolute Gasteiger partial charge is 0.481 e. The van der Waals surface area contributed by atoms with Crippen LogP contribution in [0.1, 0.15) is 23.0 Å². The molecule has 0 radical (unpaired) electrons. The number of ether oxygens (including phenoxy) is 1. The van der Waals surface area contributed by atoms with Crippen molar-refractivity contribution in [3.63, 3.8) is 0 Å². The molecule has 0 aliphatic rings. The second kappa shape index (κ2) is 10.0. The van der Waals surface area contributed by atoms with Gasteiger partial charge in [0.05, 0.1) is 0 Å². The summed E-state index contributed by atoms with van der Waals surface area (Å²) in [4.78, 5) is 47.7. The summed E-state index contributed by atoms with van der Waals surface area (Å²) >= 11 is 11.9. The minimum absolute atomic E-state index is 0.236. The lowest BCUT2D eigenvalue weighted by molar-refractivity contribution is -0.162. The Balaban J connectivity index is 2.16. The van der Waals surface area contributed by atoms with Crippen LogP contribution in [-0.2, 0) is 23.9 Å². The summed E-state index contributed by atoms with van der Waals surface area (Å²) in [6.45, 7) is 0. The van der Waals surface area contributed by atoms with Crippen LogP contribution in [0.25, 0.3) is 0 Å². The monoisotopic (exact) mass is 438 g/mol. The Morgan fingerprint density at radius 3 is 1.24 bits per heavy atom. The molecule has 0 saturated carbocycles. The lowest BCUT2D eigenvalue weighted by Crippen LogP contribution is -2.36. The molecule has 2 aromatic rings. The van der Waals surface area contributed by atoms with E-state index in [1.54, 1.807) is 36.4 Å². The van der Waals surface area contributed by atoms with Crippen molar-refractivity contribution in [3.8, 4) is 0 Å². The van der Waals surface area contributed by atoms with Gasteiger partial charge >= 0.3 is 23.9 Å². The molecule has 0 saturated heterocycles. The van der Waals surface area contributed by atoms with E-state index in [-0.39, 0.29) is 11.1 Å². The van der Waals surface area contributed by atoms with Crippen LogP contribution in [0.2, 0.25) is 0 Å². The third-order valence-corrected chi connectivity index (χ3v) is 4.95. The van der Waals surface area contributed by atoms with Gasteiger partial charge < -0.3 is 14.9 Å². The van der Waals surface area contributed by atoms with Gasteiger partial charge in [0.2, 0.25) is 0 Å². The van der Waals surface area contributed by atoms with Crippen LogP contribution in [0.4, 0.5) is 0 Å². The molecule has 0 heterocycles. The smallest absolute Gasteiger partial charge is 0.332 e. The van der Waals surface area contributed by atoms with E-state index in [4.69, 9.17) is 23.2 Å². The molecule has 0 bridgehead atoms. The van der Waals surface area contributed by atoms with Crippen molar-refractivity contribution in [2.45, 2.75) is 22.6 Å². The molecule has 0 aromatic heterocycles. The Labute approximate surface area is 175 Å². The third-order valence-electron chi connectivity index (χ3n) is 4.09. The fourth-order valence-corrected chi connectivity index (χ4v) is 3.27. The molecule has 0 fully saturated rings. The molecule has 0 amide bonds. The molecule has 0 aliphatic heterocycles. The highest BCUT2D eigenvalue weighted by Gasteiger charge is 2.40. The van der Waals surface area contributed by atoms with Crippen molar-refractivity contribution in [2.24, 2.45) is 0 Å². The van der Waals surface area contributed by atoms with Crippen LogP contribution in [0.15, 0.2) is 60.7 Å². The van der Waals surface area contributed by atoms with Gasteiger partial charge in [-0.25, -0.2) is 9.59 Å². The number of carbonyl (C=O) groups excluding carboxylic acids is 2. The van der Waals surface area contributed by atoms with Gasteiger partial charge in [0.15, 0.2) is 0 Å². The zero-order valence-corrected chi connectivity index (χ0v) is 16.3. The number of benzene rings is 2. The number of alkyl halides is 2. The van der Waals surface area contributed by atoms with Gasteiger partial charge in [-0.3, -0.25) is 9.59 Å². The van der Waals surface area contributed by atoms with Gasteiger partial charge in [-0.15, -0.1) is 23.2 Å². The SMILES string of the molecule is O=C(OC(=O)C(Cl)C(C(=O)O)c1ccccc1)C(Cl)C(C(=O)O)c1ccccc1. The van der Waals surface area contributed by atoms with Crippen LogP contribution < -0.4 is 0 Å².